The Labute approximate surface area is 136 Å². The Bertz CT molecular complexity index is 771. The molecular weight excluding hydrogens is 308 g/mol. The van der Waals surface area contributed by atoms with E-state index < -0.39 is 0 Å². The number of rotatable bonds is 3. The molecule has 4 aromatic heterocycles. The highest BCUT2D eigenvalue weighted by Crippen LogP contribution is 2.27. The molecule has 106 valence electrons. The molecule has 0 aromatic carbocycles. The van der Waals surface area contributed by atoms with E-state index in [9.17, 15) is 0 Å². The van der Waals surface area contributed by atoms with Crippen LogP contribution in [0.1, 0.15) is 0 Å². The summed E-state index contributed by atoms with van der Waals surface area (Å²) in [6, 6.07) is 16.6. The standard InChI is InChI=1S/C18H12N2S2/c1-3-17(21-9-1)15-7-5-13(11-19-15)14-6-8-16(20-12-14)18-4-2-10-22-18/h1-12H. The van der Waals surface area contributed by atoms with E-state index in [1.165, 1.54) is 9.75 Å². The first-order valence-electron chi connectivity index (χ1n) is 6.90. The SMILES string of the molecule is c1csc(-c2ccc(-c3ccc(-c4cccs4)nc3)cn2)c1. The molecule has 4 aromatic rings. The summed E-state index contributed by atoms with van der Waals surface area (Å²) in [6.45, 7) is 0. The molecule has 4 heteroatoms. The molecule has 4 heterocycles. The lowest BCUT2D eigenvalue weighted by Gasteiger charge is -2.03. The van der Waals surface area contributed by atoms with Crippen LogP contribution in [0.3, 0.4) is 0 Å². The van der Waals surface area contributed by atoms with Crippen molar-refractivity contribution in [2.75, 3.05) is 0 Å². The average Bonchev–Trinajstić information content (AvgIpc) is 3.29. The maximum Gasteiger partial charge on any atom is 0.0802 e. The molecule has 0 bridgehead atoms. The van der Waals surface area contributed by atoms with Gasteiger partial charge in [-0.2, -0.15) is 0 Å². The van der Waals surface area contributed by atoms with Crippen LogP contribution in [0.4, 0.5) is 0 Å². The van der Waals surface area contributed by atoms with Gasteiger partial charge >= 0.3 is 0 Å². The van der Waals surface area contributed by atoms with Crippen LogP contribution in [-0.4, -0.2) is 9.97 Å². The van der Waals surface area contributed by atoms with Gasteiger partial charge in [0.05, 0.1) is 21.1 Å². The third-order valence-corrected chi connectivity index (χ3v) is 5.19. The van der Waals surface area contributed by atoms with E-state index in [1.54, 1.807) is 22.7 Å². The molecule has 2 nitrogen and oxygen atoms in total. The van der Waals surface area contributed by atoms with E-state index in [1.807, 2.05) is 24.5 Å². The first-order chi connectivity index (χ1) is 10.9. The van der Waals surface area contributed by atoms with Crippen molar-refractivity contribution in [1.29, 1.82) is 0 Å². The lowest BCUT2D eigenvalue weighted by molar-refractivity contribution is 1.31. The van der Waals surface area contributed by atoms with Crippen molar-refractivity contribution in [2.45, 2.75) is 0 Å². The number of aromatic nitrogens is 2. The van der Waals surface area contributed by atoms with Crippen molar-refractivity contribution < 1.29 is 0 Å². The van der Waals surface area contributed by atoms with E-state index in [2.05, 4.69) is 57.1 Å². The van der Waals surface area contributed by atoms with Gasteiger partial charge in [0.15, 0.2) is 0 Å². The summed E-state index contributed by atoms with van der Waals surface area (Å²) in [5.41, 5.74) is 4.21. The molecular formula is C18H12N2S2. The highest BCUT2D eigenvalue weighted by atomic mass is 32.1. The number of pyridine rings is 2. The average molecular weight is 320 g/mol. The van der Waals surface area contributed by atoms with Gasteiger partial charge in [-0.25, -0.2) is 0 Å². The van der Waals surface area contributed by atoms with Crippen molar-refractivity contribution in [3.63, 3.8) is 0 Å². The first kappa shape index (κ1) is 13.4. The predicted molar refractivity (Wildman–Crippen MR) is 94.1 cm³/mol. The molecule has 0 saturated carbocycles. The van der Waals surface area contributed by atoms with E-state index in [0.29, 0.717) is 0 Å². The fourth-order valence-corrected chi connectivity index (χ4v) is 3.67. The smallest absolute Gasteiger partial charge is 0.0802 e. The molecule has 0 fully saturated rings. The molecule has 0 N–H and O–H groups in total. The van der Waals surface area contributed by atoms with Gasteiger partial charge in [0.25, 0.3) is 0 Å². The third kappa shape index (κ3) is 2.58. The van der Waals surface area contributed by atoms with E-state index in [-0.39, 0.29) is 0 Å². The molecule has 0 radical (unpaired) electrons. The largest absolute Gasteiger partial charge is 0.255 e. The Morgan fingerprint density at radius 3 is 1.41 bits per heavy atom. The van der Waals surface area contributed by atoms with Crippen molar-refractivity contribution in [3.05, 3.63) is 71.7 Å². The molecule has 0 aliphatic rings. The first-order valence-corrected chi connectivity index (χ1v) is 8.66. The Hall–Kier alpha value is -2.30. The molecule has 0 unspecified atom stereocenters. The topological polar surface area (TPSA) is 25.8 Å². The number of thiophene rings is 2. The summed E-state index contributed by atoms with van der Waals surface area (Å²) in [7, 11) is 0. The summed E-state index contributed by atoms with van der Waals surface area (Å²) in [6.07, 6.45) is 3.83. The second-order valence-corrected chi connectivity index (χ2v) is 6.71. The van der Waals surface area contributed by atoms with Gasteiger partial charge in [-0.3, -0.25) is 9.97 Å². The monoisotopic (exact) mass is 320 g/mol. The maximum atomic E-state index is 4.55. The number of hydrogen-bond donors (Lipinski definition) is 0. The van der Waals surface area contributed by atoms with Crippen LogP contribution in [-0.2, 0) is 0 Å². The summed E-state index contributed by atoms with van der Waals surface area (Å²) in [5, 5.41) is 4.14. The van der Waals surface area contributed by atoms with Gasteiger partial charge in [-0.15, -0.1) is 22.7 Å². The fraction of sp³-hybridized carbons (Fsp3) is 0. The van der Waals surface area contributed by atoms with Gasteiger partial charge in [0.1, 0.15) is 0 Å². The highest BCUT2D eigenvalue weighted by Gasteiger charge is 2.04. The summed E-state index contributed by atoms with van der Waals surface area (Å²) in [4.78, 5) is 11.5. The predicted octanol–water partition coefficient (Wildman–Crippen LogP) is 5.60. The summed E-state index contributed by atoms with van der Waals surface area (Å²) < 4.78 is 0. The Balaban J connectivity index is 1.62. The molecule has 0 spiro atoms. The quantitative estimate of drug-likeness (QED) is 0.491. The lowest BCUT2D eigenvalue weighted by Crippen LogP contribution is -1.85. The Morgan fingerprint density at radius 2 is 1.09 bits per heavy atom. The van der Waals surface area contributed by atoms with Gasteiger partial charge in [0.2, 0.25) is 0 Å². The van der Waals surface area contributed by atoms with Crippen LogP contribution in [0, 0.1) is 0 Å². The molecule has 0 aliphatic carbocycles. The van der Waals surface area contributed by atoms with E-state index >= 15 is 0 Å². The lowest BCUT2D eigenvalue weighted by atomic mass is 10.1. The van der Waals surface area contributed by atoms with Crippen molar-refractivity contribution in [3.8, 4) is 32.3 Å². The molecule has 0 saturated heterocycles. The summed E-state index contributed by atoms with van der Waals surface area (Å²) >= 11 is 3.41. The molecule has 0 atom stereocenters. The van der Waals surface area contributed by atoms with Crippen molar-refractivity contribution in [2.24, 2.45) is 0 Å². The summed E-state index contributed by atoms with van der Waals surface area (Å²) in [5.74, 6) is 0. The van der Waals surface area contributed by atoms with Crippen molar-refractivity contribution in [1.82, 2.24) is 9.97 Å². The van der Waals surface area contributed by atoms with Crippen LogP contribution in [0.2, 0.25) is 0 Å². The van der Waals surface area contributed by atoms with Gasteiger partial charge in [-0.1, -0.05) is 24.3 Å². The normalized spacial score (nSPS) is 10.7. The molecule has 0 amide bonds. The minimum Gasteiger partial charge on any atom is -0.255 e. The van der Waals surface area contributed by atoms with Crippen molar-refractivity contribution >= 4 is 22.7 Å². The van der Waals surface area contributed by atoms with Crippen LogP contribution in [0.25, 0.3) is 32.3 Å². The minimum atomic E-state index is 1.02. The third-order valence-electron chi connectivity index (χ3n) is 3.41. The maximum absolute atomic E-state index is 4.55. The zero-order chi connectivity index (χ0) is 14.8. The Kier molecular flexibility index (Phi) is 3.54. The molecule has 22 heavy (non-hydrogen) atoms. The van der Waals surface area contributed by atoms with Crippen LogP contribution >= 0.6 is 22.7 Å². The zero-order valence-electron chi connectivity index (χ0n) is 11.6. The van der Waals surface area contributed by atoms with Gasteiger partial charge < -0.3 is 0 Å². The molecule has 4 rings (SSSR count). The van der Waals surface area contributed by atoms with E-state index in [4.69, 9.17) is 0 Å². The highest BCUT2D eigenvalue weighted by molar-refractivity contribution is 7.13. The molecule has 0 aliphatic heterocycles. The van der Waals surface area contributed by atoms with Gasteiger partial charge in [0, 0.05) is 23.5 Å². The van der Waals surface area contributed by atoms with E-state index in [0.717, 1.165) is 22.5 Å². The number of nitrogens with zero attached hydrogens (tertiary/aromatic N) is 2. The van der Waals surface area contributed by atoms with Crippen LogP contribution in [0.5, 0.6) is 0 Å². The zero-order valence-corrected chi connectivity index (χ0v) is 13.3. The minimum absolute atomic E-state index is 1.02. The van der Waals surface area contributed by atoms with Gasteiger partial charge in [-0.05, 0) is 35.0 Å². The second kappa shape index (κ2) is 5.83. The fourth-order valence-electron chi connectivity index (χ4n) is 2.27. The van der Waals surface area contributed by atoms with Crippen LogP contribution < -0.4 is 0 Å². The Morgan fingerprint density at radius 1 is 0.591 bits per heavy atom. The number of hydrogen-bond acceptors (Lipinski definition) is 4. The van der Waals surface area contributed by atoms with Crippen LogP contribution in [0.15, 0.2) is 71.7 Å². The second-order valence-electron chi connectivity index (χ2n) is 4.82.